The summed E-state index contributed by atoms with van der Waals surface area (Å²) in [5, 5.41) is 18.5. The van der Waals surface area contributed by atoms with Crippen LogP contribution in [-0.4, -0.2) is 26.1 Å². The minimum absolute atomic E-state index is 0.356. The number of rotatable bonds is 5. The molecule has 0 aliphatic heterocycles. The molecule has 1 atom stereocenters. The van der Waals surface area contributed by atoms with Crippen molar-refractivity contribution < 1.29 is 9.90 Å². The number of carboxylic acids is 1. The van der Waals surface area contributed by atoms with Gasteiger partial charge in [-0.3, -0.25) is 0 Å². The molecule has 1 aromatic heterocycles. The van der Waals surface area contributed by atoms with Crippen molar-refractivity contribution in [1.82, 2.24) is 14.9 Å². The van der Waals surface area contributed by atoms with Gasteiger partial charge in [-0.25, -0.2) is 4.68 Å². The van der Waals surface area contributed by atoms with Crippen molar-refractivity contribution in [2.45, 2.75) is 23.8 Å². The molecule has 2 rings (SSSR count). The van der Waals surface area contributed by atoms with Crippen molar-refractivity contribution in [3.05, 3.63) is 30.3 Å². The molecule has 0 amide bonds. The Morgan fingerprint density at radius 3 is 2.68 bits per heavy atom. The number of thioether (sulfide) groups is 1. The Morgan fingerprint density at radius 2 is 2.11 bits per heavy atom. The molecule has 2 aromatic rings. The van der Waals surface area contributed by atoms with E-state index in [1.54, 1.807) is 6.92 Å². The lowest BCUT2D eigenvalue weighted by molar-refractivity contribution is -0.304. The van der Waals surface area contributed by atoms with Gasteiger partial charge in [0.2, 0.25) is 5.16 Å². The maximum absolute atomic E-state index is 10.9. The second kappa shape index (κ2) is 5.75. The van der Waals surface area contributed by atoms with E-state index in [1.165, 1.54) is 4.68 Å². The monoisotopic (exact) mass is 277 g/mol. The predicted octanol–water partition coefficient (Wildman–Crippen LogP) is 0.279. The summed E-state index contributed by atoms with van der Waals surface area (Å²) in [7, 11) is 0. The number of carboxylic acid groups (broad SMARTS) is 1. The van der Waals surface area contributed by atoms with E-state index in [1.807, 2.05) is 30.3 Å². The summed E-state index contributed by atoms with van der Waals surface area (Å²) in [6.07, 6.45) is 0.431. The van der Waals surface area contributed by atoms with Gasteiger partial charge >= 0.3 is 0 Å². The topological polar surface area (TPSA) is 96.9 Å². The standard InChI is InChI=1S/C12H14N4O2S/c1-2-9(11(17)18)19-12-15-14-10(16(12)13)8-6-4-3-5-7-8/h3-7,9H,2,13H2,1H3,(H,17,18)/p-1/t9-/m1/s1. The Hall–Kier alpha value is -2.02. The number of hydrogen-bond acceptors (Lipinski definition) is 6. The van der Waals surface area contributed by atoms with Crippen molar-refractivity contribution in [1.29, 1.82) is 0 Å². The largest absolute Gasteiger partial charge is 0.549 e. The summed E-state index contributed by atoms with van der Waals surface area (Å²) in [6.45, 7) is 1.77. The van der Waals surface area contributed by atoms with E-state index in [9.17, 15) is 9.90 Å². The second-order valence-electron chi connectivity index (χ2n) is 3.88. The lowest BCUT2D eigenvalue weighted by atomic mass is 10.2. The van der Waals surface area contributed by atoms with Gasteiger partial charge in [0.05, 0.1) is 11.2 Å². The number of nitrogens with zero attached hydrogens (tertiary/aromatic N) is 3. The van der Waals surface area contributed by atoms with Crippen LogP contribution in [0, 0.1) is 0 Å². The molecule has 100 valence electrons. The quantitative estimate of drug-likeness (QED) is 0.623. The van der Waals surface area contributed by atoms with E-state index in [2.05, 4.69) is 10.2 Å². The van der Waals surface area contributed by atoms with Gasteiger partial charge in [0, 0.05) is 5.56 Å². The predicted molar refractivity (Wildman–Crippen MR) is 70.6 cm³/mol. The minimum Gasteiger partial charge on any atom is -0.549 e. The highest BCUT2D eigenvalue weighted by Gasteiger charge is 2.17. The summed E-state index contributed by atoms with van der Waals surface area (Å²) >= 11 is 1.04. The number of aliphatic carboxylic acids is 1. The molecule has 0 aliphatic rings. The number of carbonyl (C=O) groups is 1. The Bertz CT molecular complexity index is 570. The highest BCUT2D eigenvalue weighted by molar-refractivity contribution is 8.00. The van der Waals surface area contributed by atoms with E-state index >= 15 is 0 Å². The first-order chi connectivity index (χ1) is 9.13. The molecule has 0 unspecified atom stereocenters. The molecule has 1 aromatic carbocycles. The fourth-order valence-electron chi connectivity index (χ4n) is 1.57. The summed E-state index contributed by atoms with van der Waals surface area (Å²) in [5.74, 6) is 5.26. The molecule has 19 heavy (non-hydrogen) atoms. The molecule has 0 fully saturated rings. The fraction of sp³-hybridized carbons (Fsp3) is 0.250. The Kier molecular flexibility index (Phi) is 4.06. The van der Waals surface area contributed by atoms with E-state index in [0.717, 1.165) is 17.3 Å². The first kappa shape index (κ1) is 13.4. The smallest absolute Gasteiger partial charge is 0.210 e. The SMILES string of the molecule is CC[C@@H](Sc1nnc(-c2ccccc2)n1N)C(=O)[O-]. The van der Waals surface area contributed by atoms with Gasteiger partial charge in [0.1, 0.15) is 0 Å². The average Bonchev–Trinajstić information content (AvgIpc) is 2.78. The van der Waals surface area contributed by atoms with Crippen molar-refractivity contribution in [2.24, 2.45) is 0 Å². The molecular formula is C12H13N4O2S-. The first-order valence-corrected chi connectivity index (χ1v) is 6.65. The highest BCUT2D eigenvalue weighted by Crippen LogP contribution is 2.25. The van der Waals surface area contributed by atoms with Crippen LogP contribution in [0.5, 0.6) is 0 Å². The molecule has 0 bridgehead atoms. The number of hydrogen-bond donors (Lipinski definition) is 1. The Balaban J connectivity index is 2.26. The highest BCUT2D eigenvalue weighted by atomic mass is 32.2. The van der Waals surface area contributed by atoms with Crippen LogP contribution >= 0.6 is 11.8 Å². The van der Waals surface area contributed by atoms with Gasteiger partial charge in [-0.15, -0.1) is 10.2 Å². The number of benzene rings is 1. The maximum atomic E-state index is 10.9. The number of nitrogen functional groups attached to an aromatic ring is 1. The zero-order valence-corrected chi connectivity index (χ0v) is 11.1. The summed E-state index contributed by atoms with van der Waals surface area (Å²) < 4.78 is 1.30. The number of aromatic nitrogens is 3. The van der Waals surface area contributed by atoms with Gasteiger partial charge in [-0.1, -0.05) is 49.0 Å². The van der Waals surface area contributed by atoms with Crippen molar-refractivity contribution in [3.63, 3.8) is 0 Å². The van der Waals surface area contributed by atoms with Crippen LogP contribution in [0.25, 0.3) is 11.4 Å². The van der Waals surface area contributed by atoms with Gasteiger partial charge < -0.3 is 15.7 Å². The van der Waals surface area contributed by atoms with E-state index in [4.69, 9.17) is 5.84 Å². The van der Waals surface area contributed by atoms with Gasteiger partial charge in [0.15, 0.2) is 5.82 Å². The summed E-state index contributed by atoms with van der Waals surface area (Å²) in [5.41, 5.74) is 0.825. The first-order valence-electron chi connectivity index (χ1n) is 5.77. The fourth-order valence-corrected chi connectivity index (χ4v) is 2.37. The van der Waals surface area contributed by atoms with Crippen molar-refractivity contribution >= 4 is 17.7 Å². The van der Waals surface area contributed by atoms with E-state index < -0.39 is 11.2 Å². The third-order valence-corrected chi connectivity index (χ3v) is 3.88. The lowest BCUT2D eigenvalue weighted by Gasteiger charge is -2.14. The van der Waals surface area contributed by atoms with Crippen LogP contribution in [0.15, 0.2) is 35.5 Å². The Morgan fingerprint density at radius 1 is 1.42 bits per heavy atom. The molecule has 0 aliphatic carbocycles. The minimum atomic E-state index is -1.13. The molecule has 0 saturated carbocycles. The van der Waals surface area contributed by atoms with Crippen molar-refractivity contribution in [3.8, 4) is 11.4 Å². The van der Waals surface area contributed by atoms with Crippen molar-refractivity contribution in [2.75, 3.05) is 5.84 Å². The summed E-state index contributed by atoms with van der Waals surface area (Å²) in [6, 6.07) is 9.34. The average molecular weight is 277 g/mol. The molecule has 7 heteroatoms. The van der Waals surface area contributed by atoms with E-state index in [0.29, 0.717) is 17.4 Å². The molecule has 0 radical (unpaired) electrons. The van der Waals surface area contributed by atoms with Gasteiger partial charge in [-0.2, -0.15) is 0 Å². The third kappa shape index (κ3) is 2.87. The van der Waals surface area contributed by atoms with Crippen LogP contribution in [0.4, 0.5) is 0 Å². The van der Waals surface area contributed by atoms with Gasteiger partial charge in [-0.05, 0) is 6.42 Å². The van der Waals surface area contributed by atoms with Crippen LogP contribution < -0.4 is 10.9 Å². The molecule has 2 N–H and O–H groups in total. The molecule has 1 heterocycles. The number of carbonyl (C=O) groups excluding carboxylic acids is 1. The van der Waals surface area contributed by atoms with Gasteiger partial charge in [0.25, 0.3) is 0 Å². The van der Waals surface area contributed by atoms with Crippen LogP contribution in [0.3, 0.4) is 0 Å². The van der Waals surface area contributed by atoms with E-state index in [-0.39, 0.29) is 0 Å². The van der Waals surface area contributed by atoms with Crippen LogP contribution in [0.1, 0.15) is 13.3 Å². The third-order valence-electron chi connectivity index (χ3n) is 2.58. The zero-order chi connectivity index (χ0) is 13.8. The Labute approximate surface area is 114 Å². The molecule has 0 spiro atoms. The van der Waals surface area contributed by atoms with Crippen LogP contribution in [0.2, 0.25) is 0 Å². The normalized spacial score (nSPS) is 12.3. The second-order valence-corrected chi connectivity index (χ2v) is 5.05. The molecular weight excluding hydrogens is 264 g/mol. The number of nitrogens with two attached hydrogens (primary N) is 1. The molecule has 0 saturated heterocycles. The maximum Gasteiger partial charge on any atom is 0.210 e. The van der Waals surface area contributed by atoms with Crippen LogP contribution in [-0.2, 0) is 4.79 Å². The summed E-state index contributed by atoms with van der Waals surface area (Å²) in [4.78, 5) is 10.9. The molecule has 6 nitrogen and oxygen atoms in total. The zero-order valence-electron chi connectivity index (χ0n) is 10.3. The lowest BCUT2D eigenvalue weighted by Crippen LogP contribution is -2.33.